The minimum atomic E-state index is -4.73. The van der Waals surface area contributed by atoms with Gasteiger partial charge in [-0.2, -0.15) is 0 Å². The Morgan fingerprint density at radius 1 is 1.23 bits per heavy atom. The van der Waals surface area contributed by atoms with Gasteiger partial charge in [-0.05, 0) is 43.7 Å². The Morgan fingerprint density at radius 2 is 1.85 bits per heavy atom. The normalized spacial score (nSPS) is 24.7. The fourth-order valence-electron chi connectivity index (χ4n) is 3.90. The van der Waals surface area contributed by atoms with Crippen LogP contribution in [0.4, 0.5) is 13.2 Å². The van der Waals surface area contributed by atoms with Crippen molar-refractivity contribution in [3.63, 3.8) is 0 Å². The number of carbonyl (C=O) groups excluding carboxylic acids is 1. The van der Waals surface area contributed by atoms with E-state index in [0.29, 0.717) is 17.6 Å². The summed E-state index contributed by atoms with van der Waals surface area (Å²) in [5, 5.41) is 3.54. The Hall–Kier alpha value is -1.47. The van der Waals surface area contributed by atoms with Gasteiger partial charge in [0.1, 0.15) is 5.75 Å². The fraction of sp³-hybridized carbons (Fsp3) is 0.611. The fourth-order valence-corrected chi connectivity index (χ4v) is 3.90. The summed E-state index contributed by atoms with van der Waals surface area (Å²) in [7, 11) is 1.80. The van der Waals surface area contributed by atoms with E-state index in [1.807, 2.05) is 0 Å². The van der Waals surface area contributed by atoms with E-state index >= 15 is 0 Å². The number of nitrogens with zero attached hydrogens (tertiary/aromatic N) is 1. The second-order valence-corrected chi connectivity index (χ2v) is 6.92. The average Bonchev–Trinajstić information content (AvgIpc) is 2.89. The van der Waals surface area contributed by atoms with Gasteiger partial charge in [-0.3, -0.25) is 4.79 Å². The number of rotatable bonds is 5. The largest absolute Gasteiger partial charge is 0.573 e. The van der Waals surface area contributed by atoms with Crippen LogP contribution in [0.25, 0.3) is 0 Å². The van der Waals surface area contributed by atoms with Crippen LogP contribution in [0.15, 0.2) is 24.3 Å². The summed E-state index contributed by atoms with van der Waals surface area (Å²) in [4.78, 5) is 14.3. The van der Waals surface area contributed by atoms with E-state index in [1.54, 1.807) is 24.1 Å². The van der Waals surface area contributed by atoms with Crippen LogP contribution in [-0.4, -0.2) is 42.3 Å². The van der Waals surface area contributed by atoms with Crippen molar-refractivity contribution in [1.29, 1.82) is 0 Å². The van der Waals surface area contributed by atoms with Gasteiger partial charge >= 0.3 is 6.36 Å². The lowest BCUT2D eigenvalue weighted by Gasteiger charge is -2.35. The van der Waals surface area contributed by atoms with Gasteiger partial charge in [0.05, 0.1) is 0 Å². The number of alkyl halides is 3. The van der Waals surface area contributed by atoms with Crippen LogP contribution in [0.2, 0.25) is 0 Å². The summed E-state index contributed by atoms with van der Waals surface area (Å²) in [6.45, 7) is 0. The van der Waals surface area contributed by atoms with Gasteiger partial charge in [-0.25, -0.2) is 0 Å². The lowest BCUT2D eigenvalue weighted by Crippen LogP contribution is -2.48. The summed E-state index contributed by atoms with van der Waals surface area (Å²) in [6.07, 6.45) is -0.109. The highest BCUT2D eigenvalue weighted by atomic mass is 35.5. The molecule has 8 heteroatoms. The van der Waals surface area contributed by atoms with Gasteiger partial charge in [0.25, 0.3) is 0 Å². The van der Waals surface area contributed by atoms with E-state index in [2.05, 4.69) is 10.1 Å². The molecular formula is C18H24ClF3N2O2. The molecule has 146 valence electrons. The minimum absolute atomic E-state index is 0. The molecule has 0 saturated carbocycles. The summed E-state index contributed by atoms with van der Waals surface area (Å²) < 4.78 is 41.4. The molecule has 0 aromatic heterocycles. The zero-order valence-electron chi connectivity index (χ0n) is 14.6. The standard InChI is InChI=1S/C18H23F3N2O2.ClH/c1-23(15-10-13-7-8-14(11-15)22-13)17(24)9-6-12-4-2-3-5-16(12)25-18(19,20)21;/h2-5,13-15,22H,6-11H2,1H3;1H. The van der Waals surface area contributed by atoms with E-state index < -0.39 is 6.36 Å². The van der Waals surface area contributed by atoms with Crippen molar-refractivity contribution in [1.82, 2.24) is 10.2 Å². The number of hydrogen-bond acceptors (Lipinski definition) is 3. The first-order valence-corrected chi connectivity index (χ1v) is 8.67. The second-order valence-electron chi connectivity index (χ2n) is 6.92. The van der Waals surface area contributed by atoms with Crippen LogP contribution in [0.3, 0.4) is 0 Å². The number of hydrogen-bond donors (Lipinski definition) is 1. The number of amides is 1. The molecule has 0 spiro atoms. The highest BCUT2D eigenvalue weighted by molar-refractivity contribution is 5.85. The van der Waals surface area contributed by atoms with Crippen LogP contribution < -0.4 is 10.1 Å². The number of carbonyl (C=O) groups is 1. The summed E-state index contributed by atoms with van der Waals surface area (Å²) in [6, 6.07) is 7.18. The summed E-state index contributed by atoms with van der Waals surface area (Å²) in [5.74, 6) is -0.265. The number of ether oxygens (including phenoxy) is 1. The van der Waals surface area contributed by atoms with Gasteiger partial charge in [-0.15, -0.1) is 25.6 Å². The van der Waals surface area contributed by atoms with Crippen molar-refractivity contribution in [3.8, 4) is 5.75 Å². The molecule has 2 saturated heterocycles. The molecule has 2 aliphatic heterocycles. The van der Waals surface area contributed by atoms with Crippen molar-refractivity contribution in [3.05, 3.63) is 29.8 Å². The van der Waals surface area contributed by atoms with E-state index in [4.69, 9.17) is 0 Å². The Labute approximate surface area is 157 Å². The van der Waals surface area contributed by atoms with E-state index in [1.165, 1.54) is 12.1 Å². The molecule has 1 aromatic rings. The number of fused-ring (bicyclic) bond motifs is 2. The maximum atomic E-state index is 12.5. The molecule has 2 fully saturated rings. The number of aryl methyl sites for hydroxylation is 1. The Bertz CT molecular complexity index is 615. The van der Waals surface area contributed by atoms with Crippen molar-refractivity contribution in [2.24, 2.45) is 0 Å². The van der Waals surface area contributed by atoms with Crippen molar-refractivity contribution in [2.45, 2.75) is 63.0 Å². The first kappa shape index (κ1) is 20.8. The monoisotopic (exact) mass is 392 g/mol. The third-order valence-corrected chi connectivity index (χ3v) is 5.20. The van der Waals surface area contributed by atoms with Crippen LogP contribution in [0.1, 0.15) is 37.7 Å². The zero-order valence-corrected chi connectivity index (χ0v) is 15.4. The maximum absolute atomic E-state index is 12.5. The van der Waals surface area contributed by atoms with E-state index in [9.17, 15) is 18.0 Å². The van der Waals surface area contributed by atoms with Gasteiger partial charge in [-0.1, -0.05) is 18.2 Å². The molecule has 0 aliphatic carbocycles. The molecule has 2 atom stereocenters. The molecule has 2 aliphatic rings. The van der Waals surface area contributed by atoms with Gasteiger partial charge in [0, 0.05) is 31.6 Å². The average molecular weight is 393 g/mol. The van der Waals surface area contributed by atoms with Crippen LogP contribution >= 0.6 is 12.4 Å². The van der Waals surface area contributed by atoms with Crippen molar-refractivity contribution in [2.75, 3.05) is 7.05 Å². The van der Waals surface area contributed by atoms with Crippen LogP contribution in [0.5, 0.6) is 5.75 Å². The lowest BCUT2D eigenvalue weighted by atomic mass is 9.98. The lowest BCUT2D eigenvalue weighted by molar-refractivity contribution is -0.274. The van der Waals surface area contributed by atoms with Crippen LogP contribution in [-0.2, 0) is 11.2 Å². The van der Waals surface area contributed by atoms with Gasteiger partial charge < -0.3 is 15.0 Å². The third kappa shape index (κ3) is 5.27. The zero-order chi connectivity index (χ0) is 18.0. The Balaban J connectivity index is 0.00000243. The second kappa shape index (κ2) is 8.48. The Kier molecular flexibility index (Phi) is 6.80. The van der Waals surface area contributed by atoms with Crippen molar-refractivity contribution >= 4 is 18.3 Å². The van der Waals surface area contributed by atoms with E-state index in [0.717, 1.165) is 25.7 Å². The molecule has 3 rings (SSSR count). The minimum Gasteiger partial charge on any atom is -0.406 e. The number of nitrogens with one attached hydrogen (secondary N) is 1. The molecule has 2 unspecified atom stereocenters. The number of para-hydroxylation sites is 1. The molecule has 0 radical (unpaired) electrons. The Morgan fingerprint density at radius 3 is 2.46 bits per heavy atom. The molecule has 1 N–H and O–H groups in total. The first-order valence-electron chi connectivity index (χ1n) is 8.67. The number of benzene rings is 1. The summed E-state index contributed by atoms with van der Waals surface area (Å²) >= 11 is 0. The maximum Gasteiger partial charge on any atom is 0.573 e. The SMILES string of the molecule is CN(C(=O)CCc1ccccc1OC(F)(F)F)C1CC2CCC(C1)N2.Cl. The highest BCUT2D eigenvalue weighted by Crippen LogP contribution is 2.30. The number of halogens is 4. The first-order chi connectivity index (χ1) is 11.8. The molecular weight excluding hydrogens is 369 g/mol. The smallest absolute Gasteiger partial charge is 0.406 e. The molecule has 26 heavy (non-hydrogen) atoms. The molecule has 1 aromatic carbocycles. The predicted octanol–water partition coefficient (Wildman–Crippen LogP) is 3.68. The predicted molar refractivity (Wildman–Crippen MR) is 94.4 cm³/mol. The van der Waals surface area contributed by atoms with Gasteiger partial charge in [0.15, 0.2) is 0 Å². The molecule has 4 nitrogen and oxygen atoms in total. The van der Waals surface area contributed by atoms with E-state index in [-0.39, 0.29) is 42.9 Å². The number of piperidine rings is 1. The highest BCUT2D eigenvalue weighted by Gasteiger charge is 2.36. The topological polar surface area (TPSA) is 41.6 Å². The third-order valence-electron chi connectivity index (χ3n) is 5.20. The summed E-state index contributed by atoms with van der Waals surface area (Å²) in [5.41, 5.74) is 0.395. The van der Waals surface area contributed by atoms with Crippen molar-refractivity contribution < 1.29 is 22.7 Å². The molecule has 2 bridgehead atoms. The quantitative estimate of drug-likeness (QED) is 0.831. The molecule has 2 heterocycles. The molecule has 1 amide bonds. The van der Waals surface area contributed by atoms with Crippen LogP contribution in [0, 0.1) is 0 Å². The van der Waals surface area contributed by atoms with Gasteiger partial charge in [0.2, 0.25) is 5.91 Å².